The van der Waals surface area contributed by atoms with Crippen molar-refractivity contribution in [2.75, 3.05) is 62.3 Å². The van der Waals surface area contributed by atoms with Crippen molar-refractivity contribution in [2.45, 2.75) is 0 Å². The van der Waals surface area contributed by atoms with Gasteiger partial charge in [-0.3, -0.25) is 4.79 Å². The predicted molar refractivity (Wildman–Crippen MR) is 119 cm³/mol. The summed E-state index contributed by atoms with van der Waals surface area (Å²) in [5.41, 5.74) is 2.55. The molecule has 2 aliphatic rings. The number of halogens is 1. The number of piperazine rings is 1. The number of pyridine rings is 1. The normalized spacial score (nSPS) is 17.3. The number of anilines is 2. The molecule has 0 aliphatic carbocycles. The van der Waals surface area contributed by atoms with Gasteiger partial charge in [-0.25, -0.2) is 9.37 Å². The van der Waals surface area contributed by atoms with Crippen molar-refractivity contribution in [2.24, 2.45) is 0 Å². The van der Waals surface area contributed by atoms with Gasteiger partial charge in [0.25, 0.3) is 5.91 Å². The summed E-state index contributed by atoms with van der Waals surface area (Å²) in [5, 5.41) is 0.882. The summed E-state index contributed by atoms with van der Waals surface area (Å²) < 4.78 is 18.6. The van der Waals surface area contributed by atoms with Crippen LogP contribution in [-0.2, 0) is 4.74 Å². The maximum atomic E-state index is 13.3. The van der Waals surface area contributed by atoms with Crippen molar-refractivity contribution < 1.29 is 13.9 Å². The Morgan fingerprint density at radius 2 is 1.55 bits per heavy atom. The highest BCUT2D eigenvalue weighted by molar-refractivity contribution is 6.07. The van der Waals surface area contributed by atoms with Crippen molar-refractivity contribution in [1.29, 1.82) is 0 Å². The molecule has 6 nitrogen and oxygen atoms in total. The summed E-state index contributed by atoms with van der Waals surface area (Å²) in [6.07, 6.45) is 0. The minimum Gasteiger partial charge on any atom is -0.378 e. The van der Waals surface area contributed by atoms with Crippen LogP contribution in [0.2, 0.25) is 0 Å². The Bertz CT molecular complexity index is 1070. The lowest BCUT2D eigenvalue weighted by Crippen LogP contribution is -2.47. The first-order valence-electron chi connectivity index (χ1n) is 10.7. The number of rotatable bonds is 3. The van der Waals surface area contributed by atoms with Crippen LogP contribution in [0.1, 0.15) is 10.4 Å². The maximum absolute atomic E-state index is 13.3. The highest BCUT2D eigenvalue weighted by Gasteiger charge is 2.24. The molecule has 0 saturated carbocycles. The lowest BCUT2D eigenvalue weighted by molar-refractivity contribution is 0.0304. The van der Waals surface area contributed by atoms with E-state index in [1.54, 1.807) is 0 Å². The fourth-order valence-corrected chi connectivity index (χ4v) is 4.28. The lowest BCUT2D eigenvalue weighted by atomic mass is 10.1. The Kier molecular flexibility index (Phi) is 5.42. The summed E-state index contributed by atoms with van der Waals surface area (Å²) in [4.78, 5) is 24.5. The Morgan fingerprint density at radius 3 is 2.29 bits per heavy atom. The van der Waals surface area contributed by atoms with Gasteiger partial charge < -0.3 is 19.4 Å². The van der Waals surface area contributed by atoms with Crippen molar-refractivity contribution in [3.05, 3.63) is 66.0 Å². The Labute approximate surface area is 180 Å². The van der Waals surface area contributed by atoms with Crippen LogP contribution in [0.5, 0.6) is 0 Å². The molecule has 2 saturated heterocycles. The Morgan fingerprint density at radius 1 is 0.871 bits per heavy atom. The maximum Gasteiger partial charge on any atom is 0.254 e. The summed E-state index contributed by atoms with van der Waals surface area (Å²) in [6.45, 7) is 5.57. The zero-order valence-corrected chi connectivity index (χ0v) is 17.3. The van der Waals surface area contributed by atoms with Crippen LogP contribution in [0.15, 0.2) is 54.6 Å². The average molecular weight is 420 g/mol. The number of benzene rings is 2. The van der Waals surface area contributed by atoms with Gasteiger partial charge in [-0.2, -0.15) is 0 Å². The molecule has 3 heterocycles. The smallest absolute Gasteiger partial charge is 0.254 e. The standard InChI is InChI=1S/C24H25FN4O2/c25-18-5-7-19(8-6-18)27-9-11-28(12-10-27)23-17-21(20-3-1-2-4-22(20)26-23)24(30)29-13-15-31-16-14-29/h1-8,17H,9-16H2. The molecule has 0 atom stereocenters. The second-order valence-electron chi connectivity index (χ2n) is 7.90. The van der Waals surface area contributed by atoms with Gasteiger partial charge >= 0.3 is 0 Å². The molecule has 31 heavy (non-hydrogen) atoms. The van der Waals surface area contributed by atoms with E-state index in [-0.39, 0.29) is 11.7 Å². The van der Waals surface area contributed by atoms with Crippen molar-refractivity contribution in [3.63, 3.8) is 0 Å². The zero-order valence-electron chi connectivity index (χ0n) is 17.3. The van der Waals surface area contributed by atoms with Crippen molar-refractivity contribution in [1.82, 2.24) is 9.88 Å². The molecular weight excluding hydrogens is 395 g/mol. The lowest BCUT2D eigenvalue weighted by Gasteiger charge is -2.37. The fourth-order valence-electron chi connectivity index (χ4n) is 4.28. The minimum atomic E-state index is -0.222. The monoisotopic (exact) mass is 420 g/mol. The Balaban J connectivity index is 1.40. The van der Waals surface area contributed by atoms with Crippen LogP contribution >= 0.6 is 0 Å². The molecule has 3 aromatic rings. The largest absolute Gasteiger partial charge is 0.378 e. The molecule has 2 fully saturated rings. The molecule has 0 radical (unpaired) electrons. The van der Waals surface area contributed by atoms with Crippen LogP contribution in [0, 0.1) is 5.82 Å². The number of carbonyl (C=O) groups is 1. The number of morpholine rings is 1. The second kappa shape index (κ2) is 8.51. The number of nitrogens with zero attached hydrogens (tertiary/aromatic N) is 4. The molecule has 1 amide bonds. The molecule has 5 rings (SSSR count). The highest BCUT2D eigenvalue weighted by atomic mass is 19.1. The molecule has 0 unspecified atom stereocenters. The molecule has 160 valence electrons. The van der Waals surface area contributed by atoms with Gasteiger partial charge in [-0.1, -0.05) is 18.2 Å². The van der Waals surface area contributed by atoms with Crippen LogP contribution in [-0.4, -0.2) is 68.3 Å². The number of hydrogen-bond acceptors (Lipinski definition) is 5. The van der Waals surface area contributed by atoms with Gasteiger partial charge in [0.05, 0.1) is 24.3 Å². The SMILES string of the molecule is O=C(c1cc(N2CCN(c3ccc(F)cc3)CC2)nc2ccccc12)N1CCOCC1. The number of hydrogen-bond donors (Lipinski definition) is 0. The molecule has 2 aliphatic heterocycles. The first-order valence-corrected chi connectivity index (χ1v) is 10.7. The predicted octanol–water partition coefficient (Wildman–Crippen LogP) is 3.17. The summed E-state index contributed by atoms with van der Waals surface area (Å²) in [7, 11) is 0. The van der Waals surface area contributed by atoms with E-state index in [1.807, 2.05) is 47.4 Å². The van der Waals surface area contributed by atoms with Crippen LogP contribution in [0.25, 0.3) is 10.9 Å². The number of fused-ring (bicyclic) bond motifs is 1. The van der Waals surface area contributed by atoms with Gasteiger partial charge in [0.2, 0.25) is 0 Å². The third-order valence-electron chi connectivity index (χ3n) is 6.03. The van der Waals surface area contributed by atoms with E-state index in [2.05, 4.69) is 9.80 Å². The topological polar surface area (TPSA) is 48.9 Å². The van der Waals surface area contributed by atoms with Crippen molar-refractivity contribution >= 4 is 28.3 Å². The number of para-hydroxylation sites is 1. The van der Waals surface area contributed by atoms with Gasteiger partial charge in [-0.15, -0.1) is 0 Å². The highest BCUT2D eigenvalue weighted by Crippen LogP contribution is 2.26. The third kappa shape index (κ3) is 4.05. The molecule has 7 heteroatoms. The van der Waals surface area contributed by atoms with Gasteiger partial charge in [0.15, 0.2) is 0 Å². The summed E-state index contributed by atoms with van der Waals surface area (Å²) in [6, 6.07) is 16.4. The van der Waals surface area contributed by atoms with Crippen LogP contribution in [0.4, 0.5) is 15.9 Å². The van der Waals surface area contributed by atoms with Crippen LogP contribution in [0.3, 0.4) is 0 Å². The average Bonchev–Trinajstić information content (AvgIpc) is 2.84. The van der Waals surface area contributed by atoms with Gasteiger partial charge in [0, 0.05) is 50.3 Å². The second-order valence-corrected chi connectivity index (χ2v) is 7.90. The van der Waals surface area contributed by atoms with E-state index < -0.39 is 0 Å². The van der Waals surface area contributed by atoms with E-state index in [9.17, 15) is 9.18 Å². The van der Waals surface area contributed by atoms with Crippen molar-refractivity contribution in [3.8, 4) is 0 Å². The summed E-state index contributed by atoms with van der Waals surface area (Å²) >= 11 is 0. The van der Waals surface area contributed by atoms with Crippen LogP contribution < -0.4 is 9.80 Å². The quantitative estimate of drug-likeness (QED) is 0.652. The number of carbonyl (C=O) groups excluding carboxylic acids is 1. The molecular formula is C24H25FN4O2. The van der Waals surface area contributed by atoms with E-state index in [0.717, 1.165) is 48.6 Å². The summed E-state index contributed by atoms with van der Waals surface area (Å²) in [5.74, 6) is 0.641. The first kappa shape index (κ1) is 19.8. The molecule has 0 N–H and O–H groups in total. The fraction of sp³-hybridized carbons (Fsp3) is 0.333. The number of amides is 1. The van der Waals surface area contributed by atoms with E-state index in [4.69, 9.17) is 9.72 Å². The van der Waals surface area contributed by atoms with E-state index >= 15 is 0 Å². The number of ether oxygens (including phenoxy) is 1. The van der Waals surface area contributed by atoms with E-state index in [1.165, 1.54) is 12.1 Å². The Hall–Kier alpha value is -3.19. The minimum absolute atomic E-state index is 0.0353. The number of aromatic nitrogens is 1. The van der Waals surface area contributed by atoms with Gasteiger partial charge in [0.1, 0.15) is 11.6 Å². The molecule has 0 spiro atoms. The third-order valence-corrected chi connectivity index (χ3v) is 6.03. The molecule has 1 aromatic heterocycles. The zero-order chi connectivity index (χ0) is 21.2. The molecule has 2 aromatic carbocycles. The van der Waals surface area contributed by atoms with Gasteiger partial charge in [-0.05, 0) is 36.4 Å². The first-order chi connectivity index (χ1) is 15.2. The van der Waals surface area contributed by atoms with E-state index in [0.29, 0.717) is 31.9 Å². The molecule has 0 bridgehead atoms.